The molecule has 1 aliphatic heterocycles. The summed E-state index contributed by atoms with van der Waals surface area (Å²) < 4.78 is 0. The Labute approximate surface area is 145 Å². The van der Waals surface area contributed by atoms with Crippen LogP contribution in [0.4, 0.5) is 11.8 Å². The number of nitrogens with zero attached hydrogens (tertiary/aromatic N) is 3. The molecule has 2 heterocycles. The molecule has 6 nitrogen and oxygen atoms in total. The molecule has 0 radical (unpaired) electrons. The van der Waals surface area contributed by atoms with Gasteiger partial charge < -0.3 is 15.5 Å². The van der Waals surface area contributed by atoms with Crippen molar-refractivity contribution in [3.8, 4) is 0 Å². The van der Waals surface area contributed by atoms with Crippen LogP contribution in [0.1, 0.15) is 46.5 Å². The van der Waals surface area contributed by atoms with Crippen LogP contribution >= 0.6 is 0 Å². The van der Waals surface area contributed by atoms with Crippen LogP contribution in [0, 0.1) is 11.8 Å². The molecule has 0 atom stereocenters. The van der Waals surface area contributed by atoms with Gasteiger partial charge in [0.2, 0.25) is 11.9 Å². The predicted molar refractivity (Wildman–Crippen MR) is 98.2 cm³/mol. The Balaban J connectivity index is 1.75. The van der Waals surface area contributed by atoms with Crippen LogP contribution < -0.4 is 15.5 Å². The lowest BCUT2D eigenvalue weighted by Gasteiger charge is -2.32. The van der Waals surface area contributed by atoms with Gasteiger partial charge in [-0.1, -0.05) is 13.8 Å². The molecule has 1 aromatic rings. The zero-order valence-corrected chi connectivity index (χ0v) is 15.2. The highest BCUT2D eigenvalue weighted by atomic mass is 16.1. The molecule has 0 spiro atoms. The van der Waals surface area contributed by atoms with E-state index in [9.17, 15) is 4.79 Å². The Morgan fingerprint density at radius 1 is 1.38 bits per heavy atom. The van der Waals surface area contributed by atoms with Crippen molar-refractivity contribution in [2.24, 2.45) is 11.8 Å². The van der Waals surface area contributed by atoms with Crippen molar-refractivity contribution in [3.05, 3.63) is 12.3 Å². The molecule has 24 heavy (non-hydrogen) atoms. The van der Waals surface area contributed by atoms with Crippen LogP contribution in [0.5, 0.6) is 0 Å². The Kier molecular flexibility index (Phi) is 7.28. The molecule has 1 aliphatic rings. The summed E-state index contributed by atoms with van der Waals surface area (Å²) in [6, 6.07) is 1.96. The van der Waals surface area contributed by atoms with Crippen molar-refractivity contribution >= 4 is 17.7 Å². The highest BCUT2D eigenvalue weighted by molar-refractivity contribution is 5.76. The Morgan fingerprint density at radius 3 is 2.79 bits per heavy atom. The van der Waals surface area contributed by atoms with E-state index in [0.717, 1.165) is 51.3 Å². The maximum absolute atomic E-state index is 12.0. The SMILES string of the molecule is CCNc1nccc(N2CCC(CC(=O)NCCC(C)C)CC2)n1. The molecule has 1 fully saturated rings. The second-order valence-corrected chi connectivity index (χ2v) is 6.94. The smallest absolute Gasteiger partial charge is 0.224 e. The average Bonchev–Trinajstić information content (AvgIpc) is 2.56. The molecule has 1 saturated heterocycles. The van der Waals surface area contributed by atoms with Gasteiger partial charge in [0.25, 0.3) is 0 Å². The van der Waals surface area contributed by atoms with E-state index in [4.69, 9.17) is 0 Å². The summed E-state index contributed by atoms with van der Waals surface area (Å²) in [5.41, 5.74) is 0. The first-order valence-corrected chi connectivity index (χ1v) is 9.17. The molecule has 0 bridgehead atoms. The summed E-state index contributed by atoms with van der Waals surface area (Å²) in [5.74, 6) is 2.97. The van der Waals surface area contributed by atoms with E-state index in [1.807, 2.05) is 13.0 Å². The summed E-state index contributed by atoms with van der Waals surface area (Å²) in [4.78, 5) is 23.1. The number of carbonyl (C=O) groups is 1. The molecule has 0 saturated carbocycles. The fourth-order valence-corrected chi connectivity index (χ4v) is 2.97. The van der Waals surface area contributed by atoms with Gasteiger partial charge in [-0.2, -0.15) is 4.98 Å². The monoisotopic (exact) mass is 333 g/mol. The van der Waals surface area contributed by atoms with Gasteiger partial charge >= 0.3 is 0 Å². The van der Waals surface area contributed by atoms with Crippen molar-refractivity contribution in [2.45, 2.75) is 46.5 Å². The fourth-order valence-electron chi connectivity index (χ4n) is 2.97. The second kappa shape index (κ2) is 9.45. The first-order chi connectivity index (χ1) is 11.6. The lowest BCUT2D eigenvalue weighted by atomic mass is 9.93. The van der Waals surface area contributed by atoms with Gasteiger partial charge in [-0.25, -0.2) is 4.98 Å². The maximum atomic E-state index is 12.0. The van der Waals surface area contributed by atoms with E-state index in [-0.39, 0.29) is 5.91 Å². The van der Waals surface area contributed by atoms with E-state index in [1.54, 1.807) is 6.20 Å². The molecule has 0 aliphatic carbocycles. The van der Waals surface area contributed by atoms with E-state index < -0.39 is 0 Å². The minimum Gasteiger partial charge on any atom is -0.356 e. The fraction of sp³-hybridized carbons (Fsp3) is 0.722. The largest absolute Gasteiger partial charge is 0.356 e. The van der Waals surface area contributed by atoms with Crippen molar-refractivity contribution in [1.29, 1.82) is 0 Å². The number of hydrogen-bond donors (Lipinski definition) is 2. The first kappa shape index (κ1) is 18.5. The van der Waals surface area contributed by atoms with Gasteiger partial charge in [-0.3, -0.25) is 4.79 Å². The number of anilines is 2. The van der Waals surface area contributed by atoms with Gasteiger partial charge in [0.05, 0.1) is 0 Å². The number of carbonyl (C=O) groups excluding carboxylic acids is 1. The summed E-state index contributed by atoms with van der Waals surface area (Å²) in [6.45, 7) is 9.90. The number of hydrogen-bond acceptors (Lipinski definition) is 5. The van der Waals surface area contributed by atoms with Crippen LogP contribution in [-0.4, -0.2) is 42.1 Å². The van der Waals surface area contributed by atoms with Crippen molar-refractivity contribution < 1.29 is 4.79 Å². The lowest BCUT2D eigenvalue weighted by molar-refractivity contribution is -0.122. The van der Waals surface area contributed by atoms with Gasteiger partial charge in [0, 0.05) is 38.8 Å². The van der Waals surface area contributed by atoms with Gasteiger partial charge in [0.15, 0.2) is 0 Å². The number of nitrogens with one attached hydrogen (secondary N) is 2. The summed E-state index contributed by atoms with van der Waals surface area (Å²) in [5, 5.41) is 6.19. The number of piperidine rings is 1. The topological polar surface area (TPSA) is 70.2 Å². The van der Waals surface area contributed by atoms with E-state index in [1.165, 1.54) is 0 Å². The molecule has 0 aromatic carbocycles. The highest BCUT2D eigenvalue weighted by Crippen LogP contribution is 2.24. The predicted octanol–water partition coefficient (Wildman–Crippen LogP) is 2.68. The van der Waals surface area contributed by atoms with Gasteiger partial charge in [-0.05, 0) is 44.1 Å². The minimum atomic E-state index is 0.200. The molecule has 2 N–H and O–H groups in total. The van der Waals surface area contributed by atoms with Crippen LogP contribution in [0.2, 0.25) is 0 Å². The summed E-state index contributed by atoms with van der Waals surface area (Å²) in [6.07, 6.45) is 5.58. The van der Waals surface area contributed by atoms with Crippen LogP contribution in [0.25, 0.3) is 0 Å². The molecular formula is C18H31N5O. The van der Waals surface area contributed by atoms with E-state index >= 15 is 0 Å². The molecule has 1 aromatic heterocycles. The second-order valence-electron chi connectivity index (χ2n) is 6.94. The summed E-state index contributed by atoms with van der Waals surface area (Å²) in [7, 11) is 0. The number of aromatic nitrogens is 2. The van der Waals surface area contributed by atoms with Gasteiger partial charge in [-0.15, -0.1) is 0 Å². The minimum absolute atomic E-state index is 0.200. The quantitative estimate of drug-likeness (QED) is 0.765. The lowest BCUT2D eigenvalue weighted by Crippen LogP contribution is -2.36. The molecule has 2 rings (SSSR count). The maximum Gasteiger partial charge on any atom is 0.224 e. The Bertz CT molecular complexity index is 512. The van der Waals surface area contributed by atoms with Crippen LogP contribution in [0.3, 0.4) is 0 Å². The molecular weight excluding hydrogens is 302 g/mol. The van der Waals surface area contributed by atoms with Crippen LogP contribution in [0.15, 0.2) is 12.3 Å². The number of rotatable bonds is 8. The van der Waals surface area contributed by atoms with Crippen molar-refractivity contribution in [1.82, 2.24) is 15.3 Å². The van der Waals surface area contributed by atoms with Crippen molar-refractivity contribution in [2.75, 3.05) is 36.4 Å². The number of amides is 1. The van der Waals surface area contributed by atoms with Gasteiger partial charge in [0.1, 0.15) is 5.82 Å². The highest BCUT2D eigenvalue weighted by Gasteiger charge is 2.22. The summed E-state index contributed by atoms with van der Waals surface area (Å²) >= 11 is 0. The molecule has 134 valence electrons. The first-order valence-electron chi connectivity index (χ1n) is 9.17. The average molecular weight is 333 g/mol. The van der Waals surface area contributed by atoms with E-state index in [2.05, 4.69) is 39.3 Å². The third-order valence-electron chi connectivity index (χ3n) is 4.43. The molecule has 6 heteroatoms. The Morgan fingerprint density at radius 2 is 2.12 bits per heavy atom. The molecule has 0 unspecified atom stereocenters. The molecule has 1 amide bonds. The zero-order valence-electron chi connectivity index (χ0n) is 15.2. The third kappa shape index (κ3) is 5.98. The normalized spacial score (nSPS) is 15.6. The van der Waals surface area contributed by atoms with Crippen LogP contribution in [-0.2, 0) is 4.79 Å². The Hall–Kier alpha value is -1.85. The zero-order chi connectivity index (χ0) is 17.4. The standard InChI is InChI=1S/C18H31N5O/c1-4-19-18-21-10-6-16(22-18)23-11-7-15(8-12-23)13-17(24)20-9-5-14(2)3/h6,10,14-15H,4-5,7-9,11-13H2,1-3H3,(H,20,24)(H,19,21,22). The van der Waals surface area contributed by atoms with Crippen molar-refractivity contribution in [3.63, 3.8) is 0 Å². The third-order valence-corrected chi connectivity index (χ3v) is 4.43. The van der Waals surface area contributed by atoms with E-state index in [0.29, 0.717) is 24.2 Å².